The molecule has 0 bridgehead atoms. The van der Waals surface area contributed by atoms with Gasteiger partial charge in [0.1, 0.15) is 17.0 Å². The second-order valence-corrected chi connectivity index (χ2v) is 12.1. The Morgan fingerprint density at radius 3 is 1.14 bits per heavy atom. The molecule has 0 aliphatic heterocycles. The van der Waals surface area contributed by atoms with Crippen LogP contribution in [0.15, 0.2) is 180 Å². The molecule has 0 fully saturated rings. The summed E-state index contributed by atoms with van der Waals surface area (Å²) in [6, 6.07) is 58.6. The highest BCUT2D eigenvalue weighted by Crippen LogP contribution is 2.39. The molecule has 0 unspecified atom stereocenters. The third-order valence-corrected chi connectivity index (χ3v) is 8.77. The molecule has 3 heterocycles. The molecule has 0 spiro atoms. The van der Waals surface area contributed by atoms with Gasteiger partial charge in [0.2, 0.25) is 0 Å². The van der Waals surface area contributed by atoms with Gasteiger partial charge in [0.15, 0.2) is 23.2 Å². The molecule has 0 saturated heterocycles. The molecule has 51 heavy (non-hydrogen) atoms. The molecule has 6 nitrogen and oxygen atoms in total. The highest BCUT2D eigenvalue weighted by molar-refractivity contribution is 5.89. The number of furan rings is 1. The molecule has 9 aromatic rings. The molecular formula is C45H29N5O. The SMILES string of the molecule is c1ccc(-c2nc(-c3ccccc3)nc(-c3ccc(-c4nc(-c5ccccc5)c(-c5ccccc5)nc4-c4cc5ccccc5o4)cc3)n2)cc1. The van der Waals surface area contributed by atoms with E-state index in [0.717, 1.165) is 55.7 Å². The summed E-state index contributed by atoms with van der Waals surface area (Å²) in [6.07, 6.45) is 0. The van der Waals surface area contributed by atoms with E-state index in [1.807, 2.05) is 140 Å². The Bertz CT molecular complexity index is 2510. The predicted octanol–water partition coefficient (Wildman–Crippen LogP) is 11.1. The molecule has 0 amide bonds. The van der Waals surface area contributed by atoms with Crippen molar-refractivity contribution in [3.8, 4) is 79.4 Å². The van der Waals surface area contributed by atoms with Crippen molar-refractivity contribution in [1.82, 2.24) is 24.9 Å². The van der Waals surface area contributed by atoms with Crippen LogP contribution in [0.2, 0.25) is 0 Å². The van der Waals surface area contributed by atoms with Gasteiger partial charge in [-0.05, 0) is 12.1 Å². The van der Waals surface area contributed by atoms with Gasteiger partial charge in [-0.25, -0.2) is 24.9 Å². The summed E-state index contributed by atoms with van der Waals surface area (Å²) in [5.41, 5.74) is 9.29. The average Bonchev–Trinajstić information content (AvgIpc) is 3.66. The standard InChI is InChI=1S/C45H29N5O/c1-5-15-30(16-6-1)39-40(31-17-7-2-8-18-31)47-42(38-29-36-23-13-14-24-37(36)51-38)41(46-39)32-25-27-35(28-26-32)45-49-43(33-19-9-3-10-20-33)48-44(50-45)34-21-11-4-12-22-34/h1-29H. The molecule has 240 valence electrons. The van der Waals surface area contributed by atoms with Crippen molar-refractivity contribution in [1.29, 1.82) is 0 Å². The molecule has 9 rings (SSSR count). The molecule has 0 radical (unpaired) electrons. The minimum atomic E-state index is 0.585. The fourth-order valence-electron chi connectivity index (χ4n) is 6.22. The predicted molar refractivity (Wildman–Crippen MR) is 203 cm³/mol. The molecule has 3 aromatic heterocycles. The monoisotopic (exact) mass is 655 g/mol. The normalized spacial score (nSPS) is 11.1. The third kappa shape index (κ3) is 5.96. The van der Waals surface area contributed by atoms with Crippen LogP contribution in [-0.2, 0) is 0 Å². The summed E-state index contributed by atoms with van der Waals surface area (Å²) < 4.78 is 6.43. The summed E-state index contributed by atoms with van der Waals surface area (Å²) in [7, 11) is 0. The largest absolute Gasteiger partial charge is 0.454 e. The highest BCUT2D eigenvalue weighted by Gasteiger charge is 2.22. The summed E-state index contributed by atoms with van der Waals surface area (Å²) in [4.78, 5) is 25.4. The smallest absolute Gasteiger partial charge is 0.164 e. The van der Waals surface area contributed by atoms with Gasteiger partial charge >= 0.3 is 0 Å². The maximum absolute atomic E-state index is 6.43. The highest BCUT2D eigenvalue weighted by atomic mass is 16.3. The number of benzene rings is 6. The van der Waals surface area contributed by atoms with Crippen LogP contribution in [0.3, 0.4) is 0 Å². The van der Waals surface area contributed by atoms with Crippen LogP contribution in [0.25, 0.3) is 90.4 Å². The van der Waals surface area contributed by atoms with Gasteiger partial charge in [-0.2, -0.15) is 0 Å². The first-order chi connectivity index (χ1) is 25.3. The van der Waals surface area contributed by atoms with Crippen molar-refractivity contribution < 1.29 is 4.42 Å². The Morgan fingerprint density at radius 1 is 0.294 bits per heavy atom. The van der Waals surface area contributed by atoms with Gasteiger partial charge in [-0.3, -0.25) is 0 Å². The fraction of sp³-hybridized carbons (Fsp3) is 0. The Morgan fingerprint density at radius 2 is 0.647 bits per heavy atom. The molecule has 0 aliphatic rings. The lowest BCUT2D eigenvalue weighted by molar-refractivity contribution is 0.628. The lowest BCUT2D eigenvalue weighted by Gasteiger charge is -2.15. The van der Waals surface area contributed by atoms with Crippen molar-refractivity contribution in [2.24, 2.45) is 0 Å². The van der Waals surface area contributed by atoms with Gasteiger partial charge in [0, 0.05) is 38.8 Å². The van der Waals surface area contributed by atoms with Gasteiger partial charge in [-0.15, -0.1) is 0 Å². The van der Waals surface area contributed by atoms with Gasteiger partial charge in [0.25, 0.3) is 0 Å². The van der Waals surface area contributed by atoms with Crippen LogP contribution >= 0.6 is 0 Å². The molecule has 0 atom stereocenters. The molecule has 6 aromatic carbocycles. The van der Waals surface area contributed by atoms with Crippen molar-refractivity contribution in [3.05, 3.63) is 176 Å². The number of aromatic nitrogens is 5. The summed E-state index contributed by atoms with van der Waals surface area (Å²) in [6.45, 7) is 0. The number of nitrogens with zero attached hydrogens (tertiary/aromatic N) is 5. The van der Waals surface area contributed by atoms with Crippen LogP contribution < -0.4 is 0 Å². The van der Waals surface area contributed by atoms with Crippen LogP contribution in [0.5, 0.6) is 0 Å². The first kappa shape index (κ1) is 30.0. The zero-order valence-electron chi connectivity index (χ0n) is 27.4. The number of hydrogen-bond acceptors (Lipinski definition) is 6. The quantitative estimate of drug-likeness (QED) is 0.170. The van der Waals surface area contributed by atoms with Gasteiger partial charge in [-0.1, -0.05) is 164 Å². The van der Waals surface area contributed by atoms with Crippen molar-refractivity contribution in [2.45, 2.75) is 0 Å². The van der Waals surface area contributed by atoms with E-state index >= 15 is 0 Å². The number of rotatable bonds is 7. The minimum absolute atomic E-state index is 0.585. The van der Waals surface area contributed by atoms with E-state index in [-0.39, 0.29) is 0 Å². The second kappa shape index (κ2) is 13.1. The Labute approximate surface area is 294 Å². The van der Waals surface area contributed by atoms with Gasteiger partial charge < -0.3 is 4.42 Å². The molecular weight excluding hydrogens is 627 g/mol. The van der Waals surface area contributed by atoms with Crippen LogP contribution in [0.4, 0.5) is 0 Å². The van der Waals surface area contributed by atoms with E-state index in [1.165, 1.54) is 0 Å². The Balaban J connectivity index is 1.22. The number of hydrogen-bond donors (Lipinski definition) is 0. The Hall–Kier alpha value is -7.05. The number of fused-ring (bicyclic) bond motifs is 1. The molecule has 6 heteroatoms. The van der Waals surface area contributed by atoms with Crippen LogP contribution in [-0.4, -0.2) is 24.9 Å². The molecule has 0 aliphatic carbocycles. The van der Waals surface area contributed by atoms with E-state index in [0.29, 0.717) is 34.6 Å². The first-order valence-corrected chi connectivity index (χ1v) is 16.8. The zero-order valence-corrected chi connectivity index (χ0v) is 27.4. The van der Waals surface area contributed by atoms with E-state index in [4.69, 9.17) is 29.3 Å². The van der Waals surface area contributed by atoms with E-state index in [1.54, 1.807) is 0 Å². The van der Waals surface area contributed by atoms with Gasteiger partial charge in [0.05, 0.1) is 11.4 Å². The lowest BCUT2D eigenvalue weighted by atomic mass is 10.0. The number of para-hydroxylation sites is 1. The lowest BCUT2D eigenvalue weighted by Crippen LogP contribution is -2.01. The summed E-state index contributed by atoms with van der Waals surface area (Å²) in [5, 5.41) is 1.00. The van der Waals surface area contributed by atoms with Crippen molar-refractivity contribution in [2.75, 3.05) is 0 Å². The average molecular weight is 656 g/mol. The van der Waals surface area contributed by atoms with E-state index < -0.39 is 0 Å². The maximum atomic E-state index is 6.43. The van der Waals surface area contributed by atoms with E-state index in [9.17, 15) is 0 Å². The van der Waals surface area contributed by atoms with Crippen LogP contribution in [0.1, 0.15) is 0 Å². The maximum Gasteiger partial charge on any atom is 0.164 e. The summed E-state index contributed by atoms with van der Waals surface area (Å²) >= 11 is 0. The second-order valence-electron chi connectivity index (χ2n) is 12.1. The van der Waals surface area contributed by atoms with Crippen molar-refractivity contribution in [3.63, 3.8) is 0 Å². The first-order valence-electron chi connectivity index (χ1n) is 16.8. The molecule has 0 saturated carbocycles. The molecule has 0 N–H and O–H groups in total. The summed E-state index contributed by atoms with van der Waals surface area (Å²) in [5.74, 6) is 2.47. The van der Waals surface area contributed by atoms with Crippen molar-refractivity contribution >= 4 is 11.0 Å². The topological polar surface area (TPSA) is 77.6 Å². The Kier molecular flexibility index (Phi) is 7.72. The van der Waals surface area contributed by atoms with Crippen LogP contribution in [0, 0.1) is 0 Å². The minimum Gasteiger partial charge on any atom is -0.454 e. The van der Waals surface area contributed by atoms with E-state index in [2.05, 4.69) is 36.4 Å². The third-order valence-electron chi connectivity index (χ3n) is 8.77. The zero-order chi connectivity index (χ0) is 34.0. The fourth-order valence-corrected chi connectivity index (χ4v) is 6.22.